The number of rotatable bonds is 5. The largest absolute Gasteiger partial charge is 0.369 e. The van der Waals surface area contributed by atoms with Crippen molar-refractivity contribution in [1.29, 1.82) is 0 Å². The molecule has 0 aromatic heterocycles. The molecule has 3 atom stereocenters. The van der Waals surface area contributed by atoms with Crippen molar-refractivity contribution >= 4 is 5.69 Å². The highest BCUT2D eigenvalue weighted by molar-refractivity contribution is 5.56. The van der Waals surface area contributed by atoms with Gasteiger partial charge in [-0.1, -0.05) is 32.0 Å². The summed E-state index contributed by atoms with van der Waals surface area (Å²) in [7, 11) is 6.44. The molecule has 0 amide bonds. The first-order valence-electron chi connectivity index (χ1n) is 7.76. The van der Waals surface area contributed by atoms with Crippen LogP contribution in [-0.2, 0) is 0 Å². The van der Waals surface area contributed by atoms with Gasteiger partial charge in [0.15, 0.2) is 0 Å². The summed E-state index contributed by atoms with van der Waals surface area (Å²) in [5, 5.41) is 3.44. The van der Waals surface area contributed by atoms with Gasteiger partial charge in [-0.3, -0.25) is 0 Å². The van der Waals surface area contributed by atoms with Crippen LogP contribution in [0, 0.1) is 5.92 Å². The second kappa shape index (κ2) is 6.59. The standard InChI is InChI=1S/C17H29N3/c1-6-15(18-3)14-9-7-8-10-16(14)20-11-13(2)17(12-20)19(4)5/h7-10,13,15,17-18H,6,11-12H2,1-5H3. The lowest BCUT2D eigenvalue weighted by atomic mass is 10.0. The molecule has 1 aliphatic rings. The minimum atomic E-state index is 0.444. The summed E-state index contributed by atoms with van der Waals surface area (Å²) in [4.78, 5) is 4.92. The Hall–Kier alpha value is -1.06. The van der Waals surface area contributed by atoms with Gasteiger partial charge in [0.05, 0.1) is 0 Å². The Morgan fingerprint density at radius 2 is 2.00 bits per heavy atom. The molecule has 1 N–H and O–H groups in total. The van der Waals surface area contributed by atoms with Gasteiger partial charge in [0.25, 0.3) is 0 Å². The SMILES string of the molecule is CCC(NC)c1ccccc1N1CC(C)C(N(C)C)C1. The normalized spacial score (nSPS) is 24.4. The molecule has 2 rings (SSSR count). The smallest absolute Gasteiger partial charge is 0.0415 e. The monoisotopic (exact) mass is 275 g/mol. The summed E-state index contributed by atoms with van der Waals surface area (Å²) in [5.74, 6) is 0.715. The first-order chi connectivity index (χ1) is 9.58. The lowest BCUT2D eigenvalue weighted by Crippen LogP contribution is -2.34. The molecule has 1 aromatic carbocycles. The van der Waals surface area contributed by atoms with Crippen molar-refractivity contribution in [3.8, 4) is 0 Å². The highest BCUT2D eigenvalue weighted by atomic mass is 15.2. The molecule has 0 radical (unpaired) electrons. The molecule has 1 heterocycles. The number of likely N-dealkylation sites (N-methyl/N-ethyl adjacent to an activating group) is 1. The molecule has 3 unspecified atom stereocenters. The summed E-state index contributed by atoms with van der Waals surface area (Å²) < 4.78 is 0. The summed E-state index contributed by atoms with van der Waals surface area (Å²) in [6.07, 6.45) is 1.12. The summed E-state index contributed by atoms with van der Waals surface area (Å²) in [6, 6.07) is 9.96. The summed E-state index contributed by atoms with van der Waals surface area (Å²) >= 11 is 0. The van der Waals surface area contributed by atoms with Crippen molar-refractivity contribution < 1.29 is 0 Å². The van der Waals surface area contributed by atoms with Crippen molar-refractivity contribution in [1.82, 2.24) is 10.2 Å². The summed E-state index contributed by atoms with van der Waals surface area (Å²) in [6.45, 7) is 6.89. The first-order valence-corrected chi connectivity index (χ1v) is 7.76. The molecule has 0 aliphatic carbocycles. The second-order valence-electron chi connectivity index (χ2n) is 6.22. The summed E-state index contributed by atoms with van der Waals surface area (Å²) in [5.41, 5.74) is 2.84. The van der Waals surface area contributed by atoms with Crippen LogP contribution in [0.5, 0.6) is 0 Å². The minimum Gasteiger partial charge on any atom is -0.369 e. The van der Waals surface area contributed by atoms with E-state index in [1.807, 2.05) is 0 Å². The van der Waals surface area contributed by atoms with Gasteiger partial charge >= 0.3 is 0 Å². The van der Waals surface area contributed by atoms with Crippen LogP contribution in [-0.4, -0.2) is 45.2 Å². The molecule has 0 spiro atoms. The van der Waals surface area contributed by atoms with Gasteiger partial charge in [-0.25, -0.2) is 0 Å². The molecule has 1 saturated heterocycles. The van der Waals surface area contributed by atoms with Crippen LogP contribution in [0.25, 0.3) is 0 Å². The van der Waals surface area contributed by atoms with E-state index in [0.717, 1.165) is 19.5 Å². The predicted octanol–water partition coefficient (Wildman–Crippen LogP) is 2.74. The van der Waals surface area contributed by atoms with Gasteiger partial charge in [-0.15, -0.1) is 0 Å². The molecule has 1 fully saturated rings. The molecule has 20 heavy (non-hydrogen) atoms. The molecular formula is C17H29N3. The number of nitrogens with one attached hydrogen (secondary N) is 1. The highest BCUT2D eigenvalue weighted by Crippen LogP contribution is 2.32. The lowest BCUT2D eigenvalue weighted by molar-refractivity contribution is 0.266. The number of para-hydroxylation sites is 1. The molecule has 0 bridgehead atoms. The molecule has 0 saturated carbocycles. The number of nitrogens with zero attached hydrogens (tertiary/aromatic N) is 2. The van der Waals surface area contributed by atoms with Crippen LogP contribution in [0.2, 0.25) is 0 Å². The van der Waals surface area contributed by atoms with E-state index in [1.54, 1.807) is 0 Å². The van der Waals surface area contributed by atoms with Crippen LogP contribution in [0.15, 0.2) is 24.3 Å². The maximum atomic E-state index is 3.44. The number of anilines is 1. The quantitative estimate of drug-likeness (QED) is 0.891. The van der Waals surface area contributed by atoms with E-state index >= 15 is 0 Å². The zero-order chi connectivity index (χ0) is 14.7. The van der Waals surface area contributed by atoms with E-state index in [1.165, 1.54) is 11.3 Å². The van der Waals surface area contributed by atoms with Crippen LogP contribution >= 0.6 is 0 Å². The van der Waals surface area contributed by atoms with Gasteiger partial charge in [0, 0.05) is 30.9 Å². The van der Waals surface area contributed by atoms with Gasteiger partial charge in [-0.2, -0.15) is 0 Å². The maximum absolute atomic E-state index is 3.44. The van der Waals surface area contributed by atoms with E-state index in [2.05, 4.69) is 74.4 Å². The Labute approximate surface area is 124 Å². The first kappa shape index (κ1) is 15.3. The van der Waals surface area contributed by atoms with Crippen LogP contribution in [0.3, 0.4) is 0 Å². The number of hydrogen-bond donors (Lipinski definition) is 1. The van der Waals surface area contributed by atoms with Crippen molar-refractivity contribution in [3.63, 3.8) is 0 Å². The Bertz CT molecular complexity index is 426. The fraction of sp³-hybridized carbons (Fsp3) is 0.647. The molecule has 3 nitrogen and oxygen atoms in total. The third-order valence-electron chi connectivity index (χ3n) is 4.65. The van der Waals surface area contributed by atoms with E-state index in [0.29, 0.717) is 18.0 Å². The fourth-order valence-corrected chi connectivity index (χ4v) is 3.47. The van der Waals surface area contributed by atoms with E-state index in [4.69, 9.17) is 0 Å². The van der Waals surface area contributed by atoms with Crippen LogP contribution in [0.1, 0.15) is 31.9 Å². The highest BCUT2D eigenvalue weighted by Gasteiger charge is 2.32. The Balaban J connectivity index is 2.26. The van der Waals surface area contributed by atoms with E-state index < -0.39 is 0 Å². The van der Waals surface area contributed by atoms with E-state index in [-0.39, 0.29) is 0 Å². The van der Waals surface area contributed by atoms with Gasteiger partial charge in [-0.05, 0) is 45.1 Å². The fourth-order valence-electron chi connectivity index (χ4n) is 3.47. The van der Waals surface area contributed by atoms with Gasteiger partial charge in [0.1, 0.15) is 0 Å². The Morgan fingerprint density at radius 3 is 2.55 bits per heavy atom. The third kappa shape index (κ3) is 2.99. The Kier molecular flexibility index (Phi) is 5.06. The minimum absolute atomic E-state index is 0.444. The van der Waals surface area contributed by atoms with Crippen molar-refractivity contribution in [3.05, 3.63) is 29.8 Å². The number of hydrogen-bond acceptors (Lipinski definition) is 3. The van der Waals surface area contributed by atoms with Crippen LogP contribution in [0.4, 0.5) is 5.69 Å². The molecule has 1 aromatic rings. The molecule has 112 valence electrons. The average Bonchev–Trinajstić information content (AvgIpc) is 2.83. The topological polar surface area (TPSA) is 18.5 Å². The predicted molar refractivity (Wildman–Crippen MR) is 87.4 cm³/mol. The zero-order valence-electron chi connectivity index (χ0n) is 13.6. The third-order valence-corrected chi connectivity index (χ3v) is 4.65. The van der Waals surface area contributed by atoms with E-state index in [9.17, 15) is 0 Å². The second-order valence-corrected chi connectivity index (χ2v) is 6.22. The zero-order valence-corrected chi connectivity index (χ0v) is 13.6. The van der Waals surface area contributed by atoms with Crippen LogP contribution < -0.4 is 10.2 Å². The van der Waals surface area contributed by atoms with Crippen molar-refractivity contribution in [2.75, 3.05) is 39.1 Å². The number of benzene rings is 1. The lowest BCUT2D eigenvalue weighted by Gasteiger charge is -2.27. The van der Waals surface area contributed by atoms with Crippen molar-refractivity contribution in [2.45, 2.75) is 32.4 Å². The Morgan fingerprint density at radius 1 is 1.30 bits per heavy atom. The van der Waals surface area contributed by atoms with Crippen molar-refractivity contribution in [2.24, 2.45) is 5.92 Å². The average molecular weight is 275 g/mol. The molecule has 3 heteroatoms. The van der Waals surface area contributed by atoms with Gasteiger partial charge < -0.3 is 15.1 Å². The molecule has 1 aliphatic heterocycles. The maximum Gasteiger partial charge on any atom is 0.0415 e. The van der Waals surface area contributed by atoms with Gasteiger partial charge in [0.2, 0.25) is 0 Å². The molecular weight excluding hydrogens is 246 g/mol.